The Morgan fingerprint density at radius 3 is 2.43 bits per heavy atom. The number of aromatic nitrogens is 1. The number of carbonyl (C=O) groups is 1. The van der Waals surface area contributed by atoms with Gasteiger partial charge in [0, 0.05) is 24.1 Å². The Morgan fingerprint density at radius 2 is 1.87 bits per heavy atom. The van der Waals surface area contributed by atoms with Crippen LogP contribution in [0.4, 0.5) is 0 Å². The van der Waals surface area contributed by atoms with E-state index in [1.807, 2.05) is 26.0 Å². The van der Waals surface area contributed by atoms with E-state index in [-0.39, 0.29) is 11.5 Å². The van der Waals surface area contributed by atoms with E-state index < -0.39 is 0 Å². The van der Waals surface area contributed by atoms with Crippen molar-refractivity contribution in [3.8, 4) is 11.8 Å². The summed E-state index contributed by atoms with van der Waals surface area (Å²) in [5.74, 6) is -0.372. The first-order valence-electron chi connectivity index (χ1n) is 7.49. The number of carbonyl (C=O) groups excluding carboxylic acids is 1. The second kappa shape index (κ2) is 6.53. The number of benzene rings is 1. The van der Waals surface area contributed by atoms with Gasteiger partial charge >= 0.3 is 0 Å². The number of nitrogens with zero attached hydrogens (tertiary/aromatic N) is 2. The van der Waals surface area contributed by atoms with Gasteiger partial charge in [0.2, 0.25) is 0 Å². The van der Waals surface area contributed by atoms with Gasteiger partial charge in [-0.2, -0.15) is 5.26 Å². The molecule has 4 heteroatoms. The van der Waals surface area contributed by atoms with Crippen LogP contribution in [-0.2, 0) is 4.79 Å². The average molecular weight is 307 g/mol. The minimum atomic E-state index is -0.372. The molecule has 0 saturated carbocycles. The normalized spacial score (nSPS) is 11.2. The van der Waals surface area contributed by atoms with Crippen LogP contribution in [0.15, 0.2) is 29.8 Å². The van der Waals surface area contributed by atoms with Crippen molar-refractivity contribution in [1.82, 2.24) is 9.88 Å². The zero-order valence-electron chi connectivity index (χ0n) is 14.2. The molecule has 1 aromatic heterocycles. The first kappa shape index (κ1) is 16.6. The zero-order valence-corrected chi connectivity index (χ0v) is 14.2. The molecule has 1 heterocycles. The van der Waals surface area contributed by atoms with Gasteiger partial charge in [0.25, 0.3) is 5.91 Å². The summed E-state index contributed by atoms with van der Waals surface area (Å²) in [5, 5.41) is 11.6. The van der Waals surface area contributed by atoms with Gasteiger partial charge in [-0.15, -0.1) is 0 Å². The third kappa shape index (κ3) is 3.19. The SMILES string of the molecule is CNC(=O)/C(C#N)=C/c1cc(C)n(-c2ccc(C)c(C)c2)c1C. The predicted octanol–water partition coefficient (Wildman–Crippen LogP) is 3.36. The van der Waals surface area contributed by atoms with Gasteiger partial charge < -0.3 is 9.88 Å². The summed E-state index contributed by atoms with van der Waals surface area (Å²) in [5.41, 5.74) is 6.61. The fraction of sp³-hybridized carbons (Fsp3) is 0.263. The van der Waals surface area contributed by atoms with Crippen molar-refractivity contribution in [2.75, 3.05) is 7.05 Å². The molecule has 0 aliphatic rings. The third-order valence-electron chi connectivity index (χ3n) is 4.11. The highest BCUT2D eigenvalue weighted by molar-refractivity contribution is 6.01. The topological polar surface area (TPSA) is 57.8 Å². The lowest BCUT2D eigenvalue weighted by Crippen LogP contribution is -2.19. The van der Waals surface area contributed by atoms with Gasteiger partial charge in [-0.1, -0.05) is 6.07 Å². The molecule has 2 rings (SSSR count). The van der Waals surface area contributed by atoms with Crippen molar-refractivity contribution in [3.05, 3.63) is 57.9 Å². The largest absolute Gasteiger partial charge is 0.354 e. The van der Waals surface area contributed by atoms with E-state index in [9.17, 15) is 4.79 Å². The Hall–Kier alpha value is -2.80. The molecule has 0 radical (unpaired) electrons. The molecule has 0 saturated heterocycles. The monoisotopic (exact) mass is 307 g/mol. The van der Waals surface area contributed by atoms with Crippen LogP contribution in [0, 0.1) is 39.0 Å². The maximum absolute atomic E-state index is 11.7. The van der Waals surface area contributed by atoms with Crippen LogP contribution in [0.2, 0.25) is 0 Å². The van der Waals surface area contributed by atoms with Crippen LogP contribution in [0.3, 0.4) is 0 Å². The Bertz CT molecular complexity index is 835. The number of nitrogens with one attached hydrogen (secondary N) is 1. The summed E-state index contributed by atoms with van der Waals surface area (Å²) in [6, 6.07) is 10.3. The third-order valence-corrected chi connectivity index (χ3v) is 4.11. The summed E-state index contributed by atoms with van der Waals surface area (Å²) >= 11 is 0. The highest BCUT2D eigenvalue weighted by atomic mass is 16.1. The molecule has 1 amide bonds. The summed E-state index contributed by atoms with van der Waals surface area (Å²) in [6.45, 7) is 8.19. The molecule has 1 aromatic carbocycles. The molecule has 0 bridgehead atoms. The molecule has 23 heavy (non-hydrogen) atoms. The van der Waals surface area contributed by atoms with Crippen molar-refractivity contribution >= 4 is 12.0 Å². The molecular formula is C19H21N3O. The van der Waals surface area contributed by atoms with E-state index in [1.54, 1.807) is 6.08 Å². The maximum atomic E-state index is 11.7. The lowest BCUT2D eigenvalue weighted by Gasteiger charge is -2.11. The van der Waals surface area contributed by atoms with E-state index in [0.29, 0.717) is 0 Å². The molecule has 1 N–H and O–H groups in total. The number of rotatable bonds is 3. The predicted molar refractivity (Wildman–Crippen MR) is 92.4 cm³/mol. The zero-order chi connectivity index (χ0) is 17.1. The van der Waals surface area contributed by atoms with Crippen LogP contribution in [0.5, 0.6) is 0 Å². The van der Waals surface area contributed by atoms with Gasteiger partial charge in [-0.05, 0) is 68.7 Å². The van der Waals surface area contributed by atoms with Crippen molar-refractivity contribution in [1.29, 1.82) is 5.26 Å². The van der Waals surface area contributed by atoms with Crippen molar-refractivity contribution < 1.29 is 4.79 Å². The summed E-state index contributed by atoms with van der Waals surface area (Å²) in [4.78, 5) is 11.7. The Balaban J connectivity index is 2.56. The number of hydrogen-bond acceptors (Lipinski definition) is 2. The quantitative estimate of drug-likeness (QED) is 0.698. The molecule has 0 unspecified atom stereocenters. The number of amides is 1. The van der Waals surface area contributed by atoms with Crippen molar-refractivity contribution in [2.45, 2.75) is 27.7 Å². The summed E-state index contributed by atoms with van der Waals surface area (Å²) in [6.07, 6.45) is 1.64. The minimum Gasteiger partial charge on any atom is -0.354 e. The summed E-state index contributed by atoms with van der Waals surface area (Å²) in [7, 11) is 1.52. The Morgan fingerprint density at radius 1 is 1.17 bits per heavy atom. The fourth-order valence-corrected chi connectivity index (χ4v) is 2.63. The molecule has 0 fully saturated rings. The highest BCUT2D eigenvalue weighted by Crippen LogP contribution is 2.24. The first-order chi connectivity index (χ1) is 10.9. The molecular weight excluding hydrogens is 286 g/mol. The molecule has 0 spiro atoms. The van der Waals surface area contributed by atoms with Gasteiger partial charge in [0.15, 0.2) is 0 Å². The number of aryl methyl sites for hydroxylation is 3. The van der Waals surface area contributed by atoms with E-state index >= 15 is 0 Å². The second-order valence-electron chi connectivity index (χ2n) is 5.68. The Labute approximate surface area is 137 Å². The van der Waals surface area contributed by atoms with Crippen LogP contribution in [0.1, 0.15) is 28.1 Å². The fourth-order valence-electron chi connectivity index (χ4n) is 2.63. The smallest absolute Gasteiger partial charge is 0.261 e. The van der Waals surface area contributed by atoms with Crippen molar-refractivity contribution in [2.24, 2.45) is 0 Å². The number of nitriles is 1. The Kier molecular flexibility index (Phi) is 4.71. The van der Waals surface area contributed by atoms with Gasteiger partial charge in [0.1, 0.15) is 11.6 Å². The average Bonchev–Trinajstić information content (AvgIpc) is 2.81. The van der Waals surface area contributed by atoms with Gasteiger partial charge in [0.05, 0.1) is 0 Å². The van der Waals surface area contributed by atoms with E-state index in [2.05, 4.69) is 41.9 Å². The highest BCUT2D eigenvalue weighted by Gasteiger charge is 2.13. The first-order valence-corrected chi connectivity index (χ1v) is 7.49. The lowest BCUT2D eigenvalue weighted by molar-refractivity contribution is -0.116. The van der Waals surface area contributed by atoms with E-state index in [0.717, 1.165) is 22.6 Å². The molecule has 118 valence electrons. The van der Waals surface area contributed by atoms with Gasteiger partial charge in [-0.25, -0.2) is 0 Å². The number of hydrogen-bond donors (Lipinski definition) is 1. The lowest BCUT2D eigenvalue weighted by atomic mass is 10.1. The van der Waals surface area contributed by atoms with Crippen LogP contribution in [0.25, 0.3) is 11.8 Å². The van der Waals surface area contributed by atoms with Crippen LogP contribution in [-0.4, -0.2) is 17.5 Å². The van der Waals surface area contributed by atoms with E-state index in [4.69, 9.17) is 5.26 Å². The summed E-state index contributed by atoms with van der Waals surface area (Å²) < 4.78 is 2.14. The van der Waals surface area contributed by atoms with E-state index in [1.165, 1.54) is 18.2 Å². The maximum Gasteiger partial charge on any atom is 0.261 e. The van der Waals surface area contributed by atoms with Crippen LogP contribution < -0.4 is 5.32 Å². The molecule has 0 aliphatic carbocycles. The molecule has 0 atom stereocenters. The number of likely N-dealkylation sites (N-methyl/N-ethyl adjacent to an activating group) is 1. The minimum absolute atomic E-state index is 0.104. The molecule has 2 aromatic rings. The van der Waals surface area contributed by atoms with Crippen molar-refractivity contribution in [3.63, 3.8) is 0 Å². The standard InChI is InChI=1S/C19H21N3O/c1-12-6-7-18(8-13(12)2)22-14(3)9-16(15(22)4)10-17(11-20)19(23)21-5/h6-10H,1-5H3,(H,21,23)/b17-10+. The van der Waals surface area contributed by atoms with Crippen LogP contribution >= 0.6 is 0 Å². The van der Waals surface area contributed by atoms with Gasteiger partial charge in [-0.3, -0.25) is 4.79 Å². The molecule has 4 nitrogen and oxygen atoms in total. The second-order valence-corrected chi connectivity index (χ2v) is 5.68. The molecule has 0 aliphatic heterocycles.